The number of hydrogen-bond donors (Lipinski definition) is 3. The van der Waals surface area contributed by atoms with Gasteiger partial charge in [-0.2, -0.15) is 31.1 Å². The van der Waals surface area contributed by atoms with Crippen molar-refractivity contribution in [2.75, 3.05) is 39.4 Å². The van der Waals surface area contributed by atoms with Crippen LogP contribution in [0.1, 0.15) is 47.6 Å². The molecule has 1 saturated heterocycles. The average molecular weight is 637 g/mol. The molecule has 0 radical (unpaired) electrons. The van der Waals surface area contributed by atoms with Crippen molar-refractivity contribution in [1.29, 1.82) is 0 Å². The second-order valence-electron chi connectivity index (χ2n) is 10.6. The number of aryl methyl sites for hydroxylation is 1. The number of rotatable bonds is 11. The number of nitrogens with zero attached hydrogens (tertiary/aromatic N) is 1. The molecule has 2 aromatic carbocycles. The smallest absolute Gasteiger partial charge is 0.379 e. The van der Waals surface area contributed by atoms with Gasteiger partial charge < -0.3 is 15.4 Å². The van der Waals surface area contributed by atoms with Gasteiger partial charge in [-0.25, -0.2) is 8.42 Å². The molecule has 1 aliphatic heterocycles. The zero-order valence-electron chi connectivity index (χ0n) is 23.2. The molecule has 1 fully saturated rings. The molecule has 0 saturated carbocycles. The van der Waals surface area contributed by atoms with E-state index in [1.54, 1.807) is 0 Å². The maximum absolute atomic E-state index is 13.8. The molecule has 0 bridgehead atoms. The number of nitrogens with one attached hydrogen (secondary N) is 3. The van der Waals surface area contributed by atoms with Crippen LogP contribution in [0.2, 0.25) is 0 Å². The molecule has 4 rings (SSSR count). The summed E-state index contributed by atoms with van der Waals surface area (Å²) in [6.07, 6.45) is -9.44. The normalized spacial score (nSPS) is 19.1. The third kappa shape index (κ3) is 9.38. The zero-order valence-corrected chi connectivity index (χ0v) is 24.0. The van der Waals surface area contributed by atoms with Crippen LogP contribution in [0.4, 0.5) is 26.3 Å². The maximum Gasteiger partial charge on any atom is 0.416 e. The van der Waals surface area contributed by atoms with Crippen LogP contribution in [0.15, 0.2) is 47.4 Å². The molecule has 8 nitrogen and oxygen atoms in total. The number of hydrogen-bond acceptors (Lipinski definition) is 6. The first kappa shape index (κ1) is 33.2. The summed E-state index contributed by atoms with van der Waals surface area (Å²) in [4.78, 5) is 14.1. The summed E-state index contributed by atoms with van der Waals surface area (Å²) in [5.41, 5.74) is 1.46. The SMILES string of the molecule is O=C(C[C@H](NS(=O)(=O)c1cccc(C(F)(F)F)c1)C(F)(F)F)N[C@@H]1CCCc2cc(CNCCN3CCOCC3)ccc21. The molecular formula is C28H34F6N4O4S. The summed E-state index contributed by atoms with van der Waals surface area (Å²) in [6, 6.07) is 4.71. The van der Waals surface area contributed by atoms with Crippen LogP contribution in [-0.2, 0) is 38.7 Å². The predicted molar refractivity (Wildman–Crippen MR) is 145 cm³/mol. The predicted octanol–water partition coefficient (Wildman–Crippen LogP) is 3.92. The fourth-order valence-electron chi connectivity index (χ4n) is 5.18. The van der Waals surface area contributed by atoms with E-state index in [1.165, 1.54) is 4.72 Å². The van der Waals surface area contributed by atoms with Crippen molar-refractivity contribution in [3.8, 4) is 0 Å². The highest BCUT2D eigenvalue weighted by Gasteiger charge is 2.44. The van der Waals surface area contributed by atoms with Crippen LogP contribution in [0, 0.1) is 0 Å². The summed E-state index contributed by atoms with van der Waals surface area (Å²) >= 11 is 0. The van der Waals surface area contributed by atoms with Crippen molar-refractivity contribution in [1.82, 2.24) is 20.3 Å². The van der Waals surface area contributed by atoms with E-state index in [9.17, 15) is 39.6 Å². The zero-order chi connectivity index (χ0) is 31.3. The van der Waals surface area contributed by atoms with Crippen LogP contribution in [0.5, 0.6) is 0 Å². The highest BCUT2D eigenvalue weighted by atomic mass is 32.2. The van der Waals surface area contributed by atoms with Crippen molar-refractivity contribution in [3.05, 3.63) is 64.7 Å². The lowest BCUT2D eigenvalue weighted by molar-refractivity contribution is -0.158. The molecule has 1 amide bonds. The van der Waals surface area contributed by atoms with E-state index >= 15 is 0 Å². The van der Waals surface area contributed by atoms with Gasteiger partial charge in [0.1, 0.15) is 6.04 Å². The summed E-state index contributed by atoms with van der Waals surface area (Å²) < 4.78 is 112. The molecule has 2 atom stereocenters. The number of amides is 1. The van der Waals surface area contributed by atoms with Gasteiger partial charge in [0.15, 0.2) is 0 Å². The van der Waals surface area contributed by atoms with Gasteiger partial charge in [0.05, 0.1) is 36.1 Å². The Morgan fingerprint density at radius 2 is 1.79 bits per heavy atom. The Morgan fingerprint density at radius 1 is 1.05 bits per heavy atom. The van der Waals surface area contributed by atoms with Gasteiger partial charge in [0.2, 0.25) is 15.9 Å². The number of sulfonamides is 1. The van der Waals surface area contributed by atoms with Crippen LogP contribution in [0.25, 0.3) is 0 Å². The molecule has 1 aliphatic carbocycles. The minimum atomic E-state index is -5.18. The standard InChI is InChI=1S/C28H34F6N4O4S/c29-27(30,31)21-4-2-5-22(16-21)43(40,41)37-25(28(32,33)34)17-26(39)36-24-6-1-3-20-15-19(7-8-23(20)24)18-35-9-10-38-11-13-42-14-12-38/h2,4-5,7-8,15-16,24-25,35,37H,1,3,6,9-14,17-18H2,(H,36,39)/t24-,25+/m1/s1. The number of fused-ring (bicyclic) bond motifs is 1. The summed E-state index contributed by atoms with van der Waals surface area (Å²) in [7, 11) is -5.04. The van der Waals surface area contributed by atoms with E-state index in [4.69, 9.17) is 4.74 Å². The average Bonchev–Trinajstić information content (AvgIpc) is 2.94. The third-order valence-corrected chi connectivity index (χ3v) is 8.92. The minimum Gasteiger partial charge on any atom is -0.379 e. The molecule has 43 heavy (non-hydrogen) atoms. The second kappa shape index (κ2) is 13.9. The lowest BCUT2D eigenvalue weighted by Crippen LogP contribution is -2.48. The Balaban J connectivity index is 1.36. The van der Waals surface area contributed by atoms with Gasteiger partial charge >= 0.3 is 12.4 Å². The fraction of sp³-hybridized carbons (Fsp3) is 0.536. The first-order valence-corrected chi connectivity index (χ1v) is 15.4. The largest absolute Gasteiger partial charge is 0.416 e. The van der Waals surface area contributed by atoms with Crippen molar-refractivity contribution >= 4 is 15.9 Å². The van der Waals surface area contributed by atoms with Crippen molar-refractivity contribution < 1.29 is 44.3 Å². The Labute approximate surface area is 246 Å². The third-order valence-electron chi connectivity index (χ3n) is 7.45. The van der Waals surface area contributed by atoms with Crippen molar-refractivity contribution in [3.63, 3.8) is 0 Å². The summed E-state index contributed by atoms with van der Waals surface area (Å²) in [6.45, 7) is 5.60. The molecule has 2 aromatic rings. The van der Waals surface area contributed by atoms with Gasteiger partial charge in [-0.1, -0.05) is 24.3 Å². The van der Waals surface area contributed by atoms with Gasteiger partial charge in [0, 0.05) is 32.7 Å². The molecular weight excluding hydrogens is 602 g/mol. The van der Waals surface area contributed by atoms with Crippen molar-refractivity contribution in [2.45, 2.75) is 61.6 Å². The number of carbonyl (C=O) groups excluding carboxylic acids is 1. The highest BCUT2D eigenvalue weighted by Crippen LogP contribution is 2.33. The fourth-order valence-corrected chi connectivity index (χ4v) is 6.45. The first-order valence-electron chi connectivity index (χ1n) is 13.9. The Kier molecular flexibility index (Phi) is 10.7. The topological polar surface area (TPSA) is 99.8 Å². The monoisotopic (exact) mass is 636 g/mol. The molecule has 0 unspecified atom stereocenters. The van der Waals surface area contributed by atoms with E-state index in [1.807, 2.05) is 18.2 Å². The molecule has 15 heteroatoms. The Bertz CT molecular complexity index is 1360. The van der Waals surface area contributed by atoms with Crippen LogP contribution in [-0.4, -0.2) is 70.8 Å². The van der Waals surface area contributed by atoms with Gasteiger partial charge in [-0.3, -0.25) is 9.69 Å². The second-order valence-corrected chi connectivity index (χ2v) is 12.3. The van der Waals surface area contributed by atoms with Crippen molar-refractivity contribution in [2.24, 2.45) is 0 Å². The van der Waals surface area contributed by atoms with E-state index in [-0.39, 0.29) is 6.07 Å². The maximum atomic E-state index is 13.8. The van der Waals surface area contributed by atoms with E-state index in [0.29, 0.717) is 25.5 Å². The molecule has 0 aromatic heterocycles. The van der Waals surface area contributed by atoms with E-state index < -0.39 is 57.2 Å². The quantitative estimate of drug-likeness (QED) is 0.256. The molecule has 0 spiro atoms. The first-order chi connectivity index (χ1) is 20.2. The Hall–Kier alpha value is -2.72. The van der Waals surface area contributed by atoms with Crippen LogP contribution < -0.4 is 15.4 Å². The highest BCUT2D eigenvalue weighted by molar-refractivity contribution is 7.89. The summed E-state index contributed by atoms with van der Waals surface area (Å²) in [5, 5.41) is 5.99. The lowest BCUT2D eigenvalue weighted by Gasteiger charge is -2.28. The number of halogens is 6. The van der Waals surface area contributed by atoms with Gasteiger partial charge in [0.25, 0.3) is 0 Å². The number of benzene rings is 2. The summed E-state index contributed by atoms with van der Waals surface area (Å²) in [5.74, 6) is -1.04. The van der Waals surface area contributed by atoms with Crippen LogP contribution in [0.3, 0.4) is 0 Å². The van der Waals surface area contributed by atoms with E-state index in [0.717, 1.165) is 74.6 Å². The van der Waals surface area contributed by atoms with E-state index in [2.05, 4.69) is 15.5 Å². The molecule has 1 heterocycles. The van der Waals surface area contributed by atoms with Gasteiger partial charge in [-0.15, -0.1) is 0 Å². The number of morpholine rings is 1. The molecule has 2 aliphatic rings. The molecule has 238 valence electrons. The lowest BCUT2D eigenvalue weighted by atomic mass is 9.86. The number of ether oxygens (including phenoxy) is 1. The number of alkyl halides is 6. The molecule has 3 N–H and O–H groups in total. The van der Waals surface area contributed by atoms with Gasteiger partial charge in [-0.05, 0) is 54.2 Å². The minimum absolute atomic E-state index is 0.239. The van der Waals surface area contributed by atoms with Crippen LogP contribution >= 0.6 is 0 Å². The number of carbonyl (C=O) groups is 1. The Morgan fingerprint density at radius 3 is 2.49 bits per heavy atom.